The van der Waals surface area contributed by atoms with Gasteiger partial charge in [0.15, 0.2) is 0 Å². The molecule has 0 spiro atoms. The predicted molar refractivity (Wildman–Crippen MR) is 64.0 cm³/mol. The number of hydrogen-bond donors (Lipinski definition) is 0. The van der Waals surface area contributed by atoms with Crippen molar-refractivity contribution in [3.8, 4) is 0 Å². The molecule has 0 heterocycles. The number of nitrogens with zero attached hydrogens (tertiary/aromatic N) is 1. The average Bonchev–Trinajstić information content (AvgIpc) is 2.31. The normalized spacial score (nSPS) is 12.6. The molecule has 18 heavy (non-hydrogen) atoms. The molecule has 5 heteroatoms. The molecule has 0 N–H and O–H groups in total. The fourth-order valence-corrected chi connectivity index (χ4v) is 1.62. The van der Waals surface area contributed by atoms with Gasteiger partial charge in [-0.15, -0.1) is 0 Å². The summed E-state index contributed by atoms with van der Waals surface area (Å²) >= 11 is 0. The molecule has 0 bridgehead atoms. The van der Waals surface area contributed by atoms with Crippen LogP contribution in [0.2, 0.25) is 0 Å². The lowest BCUT2D eigenvalue weighted by atomic mass is 10.1. The molecule has 0 saturated heterocycles. The summed E-state index contributed by atoms with van der Waals surface area (Å²) in [6, 6.07) is 2.88. The quantitative estimate of drug-likeness (QED) is 0.759. The Morgan fingerprint density at radius 1 is 1.44 bits per heavy atom. The highest BCUT2D eigenvalue weighted by molar-refractivity contribution is 5.71. The fourth-order valence-electron chi connectivity index (χ4n) is 1.62. The lowest BCUT2D eigenvalue weighted by molar-refractivity contribution is -0.144. The van der Waals surface area contributed by atoms with Crippen molar-refractivity contribution in [1.29, 1.82) is 0 Å². The maximum absolute atomic E-state index is 13.6. The van der Waals surface area contributed by atoms with Gasteiger partial charge in [-0.25, -0.2) is 8.78 Å². The molecule has 1 aromatic carbocycles. The van der Waals surface area contributed by atoms with E-state index in [1.165, 1.54) is 0 Å². The molecule has 0 saturated carbocycles. The van der Waals surface area contributed by atoms with E-state index in [0.29, 0.717) is 6.61 Å². The summed E-state index contributed by atoms with van der Waals surface area (Å²) in [6.45, 7) is 3.75. The van der Waals surface area contributed by atoms with Crippen LogP contribution in [0.1, 0.15) is 25.5 Å². The minimum Gasteiger partial charge on any atom is -0.465 e. The topological polar surface area (TPSA) is 29.5 Å². The Kier molecular flexibility index (Phi) is 5.22. The molecular formula is C13H17F2NO2. The highest BCUT2D eigenvalue weighted by Crippen LogP contribution is 2.22. The van der Waals surface area contributed by atoms with Gasteiger partial charge in [-0.3, -0.25) is 9.69 Å². The Bertz CT molecular complexity index is 423. The number of carbonyl (C=O) groups excluding carboxylic acids is 1. The molecule has 0 aliphatic heterocycles. The second kappa shape index (κ2) is 6.44. The Balaban J connectivity index is 2.76. The van der Waals surface area contributed by atoms with Gasteiger partial charge in [0.1, 0.15) is 11.6 Å². The first-order chi connectivity index (χ1) is 8.45. The Morgan fingerprint density at radius 2 is 2.11 bits per heavy atom. The van der Waals surface area contributed by atoms with Gasteiger partial charge < -0.3 is 4.74 Å². The van der Waals surface area contributed by atoms with Gasteiger partial charge in [-0.1, -0.05) is 0 Å². The van der Waals surface area contributed by atoms with E-state index >= 15 is 0 Å². The van der Waals surface area contributed by atoms with Crippen molar-refractivity contribution in [2.45, 2.75) is 19.9 Å². The largest absolute Gasteiger partial charge is 0.465 e. The van der Waals surface area contributed by atoms with Crippen LogP contribution in [0.4, 0.5) is 8.78 Å². The van der Waals surface area contributed by atoms with Crippen LogP contribution in [0.25, 0.3) is 0 Å². The highest BCUT2D eigenvalue weighted by Gasteiger charge is 2.19. The van der Waals surface area contributed by atoms with E-state index in [2.05, 4.69) is 0 Å². The fraction of sp³-hybridized carbons (Fsp3) is 0.462. The third-order valence-electron chi connectivity index (χ3n) is 2.75. The van der Waals surface area contributed by atoms with Crippen LogP contribution in [0.3, 0.4) is 0 Å². The lowest BCUT2D eigenvalue weighted by Crippen LogP contribution is -2.30. The predicted octanol–water partition coefficient (Wildman–Crippen LogP) is 2.52. The zero-order valence-corrected chi connectivity index (χ0v) is 10.7. The first-order valence-corrected chi connectivity index (χ1v) is 5.76. The molecule has 0 fully saturated rings. The minimum atomic E-state index is -0.497. The lowest BCUT2D eigenvalue weighted by Gasteiger charge is -2.24. The molecule has 0 unspecified atom stereocenters. The van der Waals surface area contributed by atoms with Crippen LogP contribution in [-0.2, 0) is 9.53 Å². The Morgan fingerprint density at radius 3 is 2.72 bits per heavy atom. The van der Waals surface area contributed by atoms with E-state index < -0.39 is 17.7 Å². The molecule has 1 atom stereocenters. The zero-order valence-electron chi connectivity index (χ0n) is 10.7. The van der Waals surface area contributed by atoms with Crippen LogP contribution in [-0.4, -0.2) is 31.1 Å². The molecule has 0 aliphatic rings. The number of hydrogen-bond acceptors (Lipinski definition) is 3. The van der Waals surface area contributed by atoms with Crippen molar-refractivity contribution in [2.24, 2.45) is 0 Å². The van der Waals surface area contributed by atoms with Crippen molar-refractivity contribution in [3.05, 3.63) is 35.4 Å². The summed E-state index contributed by atoms with van der Waals surface area (Å²) in [5, 5.41) is 0. The maximum Gasteiger partial charge on any atom is 0.320 e. The molecule has 0 radical (unpaired) electrons. The molecule has 100 valence electrons. The summed E-state index contributed by atoms with van der Waals surface area (Å²) in [7, 11) is 1.66. The first-order valence-electron chi connectivity index (χ1n) is 5.76. The zero-order chi connectivity index (χ0) is 13.7. The van der Waals surface area contributed by atoms with Gasteiger partial charge >= 0.3 is 5.97 Å². The Labute approximate surface area is 105 Å². The minimum absolute atomic E-state index is 0.0327. The van der Waals surface area contributed by atoms with Crippen molar-refractivity contribution in [2.75, 3.05) is 20.2 Å². The summed E-state index contributed by atoms with van der Waals surface area (Å²) in [4.78, 5) is 12.9. The molecule has 1 rings (SSSR count). The smallest absolute Gasteiger partial charge is 0.320 e. The number of halogens is 2. The number of carbonyl (C=O) groups is 1. The number of esters is 1. The number of rotatable bonds is 5. The van der Waals surface area contributed by atoms with Crippen LogP contribution < -0.4 is 0 Å². The summed E-state index contributed by atoms with van der Waals surface area (Å²) < 4.78 is 31.4. The van der Waals surface area contributed by atoms with Gasteiger partial charge in [0.25, 0.3) is 0 Å². The van der Waals surface area contributed by atoms with Gasteiger partial charge in [-0.05, 0) is 39.1 Å². The molecule has 0 aliphatic carbocycles. The summed E-state index contributed by atoms with van der Waals surface area (Å²) in [6.07, 6.45) is 0. The van der Waals surface area contributed by atoms with Crippen molar-refractivity contribution < 1.29 is 18.3 Å². The monoisotopic (exact) mass is 257 g/mol. The van der Waals surface area contributed by atoms with E-state index in [4.69, 9.17) is 4.74 Å². The number of benzene rings is 1. The maximum atomic E-state index is 13.6. The molecule has 3 nitrogen and oxygen atoms in total. The number of ether oxygens (including phenoxy) is 1. The molecule has 1 aromatic rings. The third kappa shape index (κ3) is 3.77. The summed E-state index contributed by atoms with van der Waals surface area (Å²) in [5.74, 6) is -1.37. The van der Waals surface area contributed by atoms with Crippen LogP contribution >= 0.6 is 0 Å². The molecule has 0 amide bonds. The second-order valence-electron chi connectivity index (χ2n) is 4.06. The third-order valence-corrected chi connectivity index (χ3v) is 2.75. The van der Waals surface area contributed by atoms with E-state index in [0.717, 1.165) is 18.2 Å². The van der Waals surface area contributed by atoms with E-state index in [1.54, 1.807) is 25.8 Å². The SMILES string of the molecule is CCOC(=O)CN(C)[C@@H](C)c1cc(F)ccc1F. The standard InChI is InChI=1S/C13H17F2NO2/c1-4-18-13(17)8-16(3)9(2)11-7-10(14)5-6-12(11)15/h5-7,9H,4,8H2,1-3H3/t9-/m0/s1. The van der Waals surface area contributed by atoms with Gasteiger partial charge in [-0.2, -0.15) is 0 Å². The van der Waals surface area contributed by atoms with E-state index in [-0.39, 0.29) is 18.1 Å². The summed E-state index contributed by atoms with van der Waals surface area (Å²) in [5.41, 5.74) is 0.224. The molecule has 0 aromatic heterocycles. The van der Waals surface area contributed by atoms with Crippen molar-refractivity contribution in [3.63, 3.8) is 0 Å². The Hall–Kier alpha value is -1.49. The second-order valence-corrected chi connectivity index (χ2v) is 4.06. The van der Waals surface area contributed by atoms with Crippen LogP contribution in [0.5, 0.6) is 0 Å². The van der Waals surface area contributed by atoms with Gasteiger partial charge in [0.05, 0.1) is 13.2 Å². The van der Waals surface area contributed by atoms with Crippen molar-refractivity contribution >= 4 is 5.97 Å². The van der Waals surface area contributed by atoms with Gasteiger partial charge in [0, 0.05) is 11.6 Å². The highest BCUT2D eigenvalue weighted by atomic mass is 19.1. The first kappa shape index (κ1) is 14.6. The van der Waals surface area contributed by atoms with Gasteiger partial charge in [0.2, 0.25) is 0 Å². The van der Waals surface area contributed by atoms with Crippen molar-refractivity contribution in [1.82, 2.24) is 4.90 Å². The average molecular weight is 257 g/mol. The van der Waals surface area contributed by atoms with E-state index in [1.807, 2.05) is 0 Å². The van der Waals surface area contributed by atoms with Crippen LogP contribution in [0, 0.1) is 11.6 Å². The van der Waals surface area contributed by atoms with Crippen LogP contribution in [0.15, 0.2) is 18.2 Å². The number of likely N-dealkylation sites (N-methyl/N-ethyl adjacent to an activating group) is 1. The van der Waals surface area contributed by atoms with E-state index in [9.17, 15) is 13.6 Å². The molecular weight excluding hydrogens is 240 g/mol.